The van der Waals surface area contributed by atoms with E-state index in [9.17, 15) is 9.59 Å². The molecule has 1 N–H and O–H groups in total. The van der Waals surface area contributed by atoms with Crippen molar-refractivity contribution in [2.24, 2.45) is 0 Å². The first-order chi connectivity index (χ1) is 12.4. The van der Waals surface area contributed by atoms with Crippen LogP contribution in [0.15, 0.2) is 18.2 Å². The Balaban J connectivity index is 1.92. The highest BCUT2D eigenvalue weighted by atomic mass is 16.5. The van der Waals surface area contributed by atoms with Gasteiger partial charge in [-0.1, -0.05) is 6.07 Å². The van der Waals surface area contributed by atoms with Crippen LogP contribution in [0.2, 0.25) is 0 Å². The fourth-order valence-corrected chi connectivity index (χ4v) is 3.42. The van der Waals surface area contributed by atoms with Gasteiger partial charge in [0.25, 0.3) is 0 Å². The summed E-state index contributed by atoms with van der Waals surface area (Å²) in [4.78, 5) is 25.1. The predicted molar refractivity (Wildman–Crippen MR) is 99.3 cm³/mol. The number of hydrogen-bond acceptors (Lipinski definition) is 4. The number of nitrogens with one attached hydrogen (secondary N) is 1. The van der Waals surface area contributed by atoms with Crippen LogP contribution in [0.4, 0.5) is 10.5 Å². The molecule has 0 spiro atoms. The third-order valence-electron chi connectivity index (χ3n) is 4.72. The van der Waals surface area contributed by atoms with E-state index in [0.29, 0.717) is 26.1 Å². The minimum atomic E-state index is -0.364. The van der Waals surface area contributed by atoms with E-state index in [4.69, 9.17) is 4.74 Å². The fraction of sp³-hybridized carbons (Fsp3) is 0.421. The predicted octanol–water partition coefficient (Wildman–Crippen LogP) is 2.57. The zero-order valence-electron chi connectivity index (χ0n) is 15.6. The number of nitrogens with zero attached hydrogens (tertiary/aromatic N) is 3. The number of carbonyl (C=O) groups is 2. The fourth-order valence-electron chi connectivity index (χ4n) is 3.42. The summed E-state index contributed by atoms with van der Waals surface area (Å²) in [5.41, 5.74) is 6.03. The van der Waals surface area contributed by atoms with Crippen LogP contribution < -0.4 is 10.2 Å². The number of imide groups is 1. The van der Waals surface area contributed by atoms with Crippen LogP contribution in [-0.2, 0) is 16.1 Å². The van der Waals surface area contributed by atoms with Crippen LogP contribution in [0.5, 0.6) is 0 Å². The highest BCUT2D eigenvalue weighted by Gasteiger charge is 2.25. The molecule has 138 valence electrons. The lowest BCUT2D eigenvalue weighted by Gasteiger charge is -2.28. The van der Waals surface area contributed by atoms with Crippen LogP contribution >= 0.6 is 0 Å². The summed E-state index contributed by atoms with van der Waals surface area (Å²) in [6.07, 6.45) is 0.317. The van der Waals surface area contributed by atoms with E-state index in [0.717, 1.165) is 33.8 Å². The maximum absolute atomic E-state index is 12.1. The van der Waals surface area contributed by atoms with Crippen molar-refractivity contribution in [2.45, 2.75) is 33.7 Å². The first-order valence-corrected chi connectivity index (χ1v) is 8.67. The Hall–Kier alpha value is -2.67. The second kappa shape index (κ2) is 7.29. The molecular formula is C19H24N4O3. The molecule has 7 nitrogen and oxygen atoms in total. The highest BCUT2D eigenvalue weighted by molar-refractivity contribution is 6.06. The summed E-state index contributed by atoms with van der Waals surface area (Å²) in [5, 5.41) is 6.98. The van der Waals surface area contributed by atoms with E-state index in [2.05, 4.69) is 23.4 Å². The molecule has 0 radical (unpaired) electrons. The molecule has 0 atom stereocenters. The molecule has 0 aliphatic carbocycles. The molecule has 0 unspecified atom stereocenters. The van der Waals surface area contributed by atoms with Crippen molar-refractivity contribution in [1.29, 1.82) is 0 Å². The molecule has 1 saturated heterocycles. The Labute approximate surface area is 152 Å². The molecule has 2 aromatic rings. The largest absolute Gasteiger partial charge is 0.383 e. The molecule has 26 heavy (non-hydrogen) atoms. The van der Waals surface area contributed by atoms with Gasteiger partial charge < -0.3 is 4.74 Å². The van der Waals surface area contributed by atoms with Gasteiger partial charge in [-0.3, -0.25) is 19.7 Å². The Morgan fingerprint density at radius 3 is 2.65 bits per heavy atom. The quantitative estimate of drug-likeness (QED) is 0.893. The van der Waals surface area contributed by atoms with Crippen molar-refractivity contribution in [2.75, 3.05) is 25.2 Å². The molecular weight excluding hydrogens is 332 g/mol. The number of methoxy groups -OCH3 is 1. The highest BCUT2D eigenvalue weighted by Crippen LogP contribution is 2.31. The van der Waals surface area contributed by atoms with Crippen molar-refractivity contribution in [3.63, 3.8) is 0 Å². The number of carbonyl (C=O) groups excluding carboxylic acids is 2. The number of aryl methyl sites for hydroxylation is 2. The van der Waals surface area contributed by atoms with E-state index in [1.54, 1.807) is 12.0 Å². The molecule has 1 fully saturated rings. The lowest BCUT2D eigenvalue weighted by Crippen LogP contribution is -2.49. The van der Waals surface area contributed by atoms with Crippen LogP contribution in [0.25, 0.3) is 11.1 Å². The summed E-state index contributed by atoms with van der Waals surface area (Å²) in [6, 6.07) is 5.64. The van der Waals surface area contributed by atoms with Crippen molar-refractivity contribution in [1.82, 2.24) is 15.1 Å². The Bertz CT molecular complexity index is 857. The van der Waals surface area contributed by atoms with Crippen molar-refractivity contribution < 1.29 is 14.3 Å². The molecule has 0 bridgehead atoms. The van der Waals surface area contributed by atoms with Crippen LogP contribution in [0.3, 0.4) is 0 Å². The third kappa shape index (κ3) is 3.35. The third-order valence-corrected chi connectivity index (χ3v) is 4.72. The van der Waals surface area contributed by atoms with E-state index < -0.39 is 0 Å². The van der Waals surface area contributed by atoms with E-state index in [1.807, 2.05) is 30.7 Å². The van der Waals surface area contributed by atoms with Gasteiger partial charge in [0, 0.05) is 37.0 Å². The van der Waals surface area contributed by atoms with Gasteiger partial charge >= 0.3 is 6.03 Å². The summed E-state index contributed by atoms with van der Waals surface area (Å²) in [6.45, 7) is 7.75. The molecule has 2 heterocycles. The average molecular weight is 356 g/mol. The zero-order valence-corrected chi connectivity index (χ0v) is 15.6. The number of aromatic nitrogens is 2. The van der Waals surface area contributed by atoms with Gasteiger partial charge in [0.2, 0.25) is 5.91 Å². The lowest BCUT2D eigenvalue weighted by molar-refractivity contribution is -0.120. The minimum Gasteiger partial charge on any atom is -0.383 e. The standard InChI is InChI=1S/C19H24N4O3/c1-12-11-15(18-13(2)21-23(14(18)3)9-10-26-4)5-6-16(12)22-8-7-17(24)20-19(22)25/h5-6,11H,7-10H2,1-4H3,(H,20,24,25). The molecule has 3 rings (SSSR count). The van der Waals surface area contributed by atoms with Crippen molar-refractivity contribution >= 4 is 17.6 Å². The molecule has 3 amide bonds. The number of hydrogen-bond donors (Lipinski definition) is 1. The summed E-state index contributed by atoms with van der Waals surface area (Å²) in [5.74, 6) is -0.227. The molecule has 7 heteroatoms. The Morgan fingerprint density at radius 2 is 2.00 bits per heavy atom. The molecule has 1 aliphatic rings. The van der Waals surface area contributed by atoms with Crippen molar-refractivity contribution in [3.8, 4) is 11.1 Å². The maximum atomic E-state index is 12.1. The van der Waals surface area contributed by atoms with Gasteiger partial charge in [0.05, 0.1) is 18.8 Å². The maximum Gasteiger partial charge on any atom is 0.328 e. The van der Waals surface area contributed by atoms with E-state index in [1.165, 1.54) is 0 Å². The topological polar surface area (TPSA) is 76.5 Å². The van der Waals surface area contributed by atoms with E-state index >= 15 is 0 Å². The van der Waals surface area contributed by atoms with Crippen LogP contribution in [0.1, 0.15) is 23.4 Å². The average Bonchev–Trinajstić information content (AvgIpc) is 2.87. The molecule has 1 aromatic carbocycles. The number of amides is 3. The Morgan fingerprint density at radius 1 is 1.23 bits per heavy atom. The minimum absolute atomic E-state index is 0.227. The summed E-state index contributed by atoms with van der Waals surface area (Å²) >= 11 is 0. The number of anilines is 1. The normalized spacial score (nSPS) is 14.7. The smallest absolute Gasteiger partial charge is 0.328 e. The van der Waals surface area contributed by atoms with Crippen molar-refractivity contribution in [3.05, 3.63) is 35.2 Å². The molecule has 1 aromatic heterocycles. The second-order valence-corrected chi connectivity index (χ2v) is 6.52. The number of urea groups is 1. The van der Waals surface area contributed by atoms with E-state index in [-0.39, 0.29) is 11.9 Å². The summed E-state index contributed by atoms with van der Waals surface area (Å²) in [7, 11) is 1.68. The van der Waals surface area contributed by atoms with Gasteiger partial charge in [0.1, 0.15) is 0 Å². The number of ether oxygens (including phenoxy) is 1. The summed E-state index contributed by atoms with van der Waals surface area (Å²) < 4.78 is 7.11. The first kappa shape index (κ1) is 18.1. The number of rotatable bonds is 5. The molecule has 1 aliphatic heterocycles. The monoisotopic (exact) mass is 356 g/mol. The first-order valence-electron chi connectivity index (χ1n) is 8.67. The lowest BCUT2D eigenvalue weighted by atomic mass is 10.00. The Kier molecular flexibility index (Phi) is 5.08. The van der Waals surface area contributed by atoms with Gasteiger partial charge in [-0.2, -0.15) is 5.10 Å². The van der Waals surface area contributed by atoms with Crippen LogP contribution in [0, 0.1) is 20.8 Å². The van der Waals surface area contributed by atoms with Gasteiger partial charge in [-0.15, -0.1) is 0 Å². The SMILES string of the molecule is COCCn1nc(C)c(-c2ccc(N3CCC(=O)NC3=O)c(C)c2)c1C. The van der Waals surface area contributed by atoms with Crippen LogP contribution in [-0.4, -0.2) is 42.0 Å². The second-order valence-electron chi connectivity index (χ2n) is 6.52. The van der Waals surface area contributed by atoms with Gasteiger partial charge in [0.15, 0.2) is 0 Å². The zero-order chi connectivity index (χ0) is 18.8. The molecule has 0 saturated carbocycles. The van der Waals surface area contributed by atoms with Gasteiger partial charge in [-0.25, -0.2) is 4.79 Å². The number of benzene rings is 1. The van der Waals surface area contributed by atoms with Gasteiger partial charge in [-0.05, 0) is 44.0 Å².